The molecule has 148 valence electrons. The van der Waals surface area contributed by atoms with Crippen molar-refractivity contribution in [3.05, 3.63) is 65.9 Å². The van der Waals surface area contributed by atoms with Crippen molar-refractivity contribution in [2.75, 3.05) is 38.1 Å². The Balaban J connectivity index is 0.00000109. The average molecular weight is 379 g/mol. The van der Waals surface area contributed by atoms with E-state index in [-0.39, 0.29) is 5.91 Å². The molecule has 1 saturated heterocycles. The molecule has 0 saturated carbocycles. The van der Waals surface area contributed by atoms with Crippen LogP contribution in [0.1, 0.15) is 29.9 Å². The molecule has 0 radical (unpaired) electrons. The molecule has 2 aromatic carbocycles. The van der Waals surface area contributed by atoms with Crippen molar-refractivity contribution in [1.82, 2.24) is 9.47 Å². The van der Waals surface area contributed by atoms with E-state index in [2.05, 4.69) is 47.2 Å². The number of nitrogens with zero attached hydrogens (tertiary/aromatic N) is 3. The van der Waals surface area contributed by atoms with Gasteiger partial charge in [0.2, 0.25) is 0 Å². The first kappa shape index (κ1) is 20.0. The lowest BCUT2D eigenvalue weighted by Gasteiger charge is -2.34. The van der Waals surface area contributed by atoms with Gasteiger partial charge in [-0.25, -0.2) is 0 Å². The minimum atomic E-state index is -0.388. The van der Waals surface area contributed by atoms with E-state index in [1.54, 1.807) is 0 Å². The van der Waals surface area contributed by atoms with Gasteiger partial charge in [-0.1, -0.05) is 50.2 Å². The van der Waals surface area contributed by atoms with E-state index < -0.39 is 0 Å². The van der Waals surface area contributed by atoms with E-state index in [0.717, 1.165) is 42.6 Å². The predicted molar refractivity (Wildman–Crippen MR) is 117 cm³/mol. The van der Waals surface area contributed by atoms with Gasteiger partial charge in [0.1, 0.15) is 5.69 Å². The van der Waals surface area contributed by atoms with Crippen molar-refractivity contribution in [2.45, 2.75) is 20.4 Å². The first-order valence-corrected chi connectivity index (χ1v) is 10.0. The average Bonchev–Trinajstić information content (AvgIpc) is 3.10. The number of rotatable bonds is 4. The van der Waals surface area contributed by atoms with Crippen molar-refractivity contribution < 1.29 is 4.79 Å². The number of nitrogens with two attached hydrogens (primary N) is 1. The van der Waals surface area contributed by atoms with Crippen LogP contribution in [0.15, 0.2) is 54.6 Å². The van der Waals surface area contributed by atoms with Gasteiger partial charge >= 0.3 is 0 Å². The van der Waals surface area contributed by atoms with Gasteiger partial charge in [0, 0.05) is 43.8 Å². The fraction of sp³-hybridized carbons (Fsp3) is 0.348. The van der Waals surface area contributed by atoms with Crippen LogP contribution in [-0.4, -0.2) is 48.6 Å². The SMILES string of the molecule is CC.CN1CCN(c2cccc3c2cc(C(N)=O)n3Cc2ccccc2)CC1. The number of primary amides is 1. The Hall–Kier alpha value is -2.79. The Kier molecular flexibility index (Phi) is 6.37. The second kappa shape index (κ2) is 8.93. The van der Waals surface area contributed by atoms with Gasteiger partial charge in [-0.2, -0.15) is 0 Å². The monoisotopic (exact) mass is 378 g/mol. The highest BCUT2D eigenvalue weighted by Crippen LogP contribution is 2.31. The molecule has 0 atom stereocenters. The van der Waals surface area contributed by atoms with Gasteiger partial charge in [-0.3, -0.25) is 4.79 Å². The largest absolute Gasteiger partial charge is 0.368 e. The third kappa shape index (κ3) is 4.04. The van der Waals surface area contributed by atoms with Gasteiger partial charge in [-0.15, -0.1) is 0 Å². The van der Waals surface area contributed by atoms with Crippen molar-refractivity contribution in [1.29, 1.82) is 0 Å². The summed E-state index contributed by atoms with van der Waals surface area (Å²) in [6.07, 6.45) is 0. The van der Waals surface area contributed by atoms with E-state index in [9.17, 15) is 4.79 Å². The fourth-order valence-corrected chi connectivity index (χ4v) is 3.73. The lowest BCUT2D eigenvalue weighted by atomic mass is 10.1. The number of hydrogen-bond acceptors (Lipinski definition) is 3. The lowest BCUT2D eigenvalue weighted by molar-refractivity contribution is 0.0992. The summed E-state index contributed by atoms with van der Waals surface area (Å²) in [4.78, 5) is 16.8. The smallest absolute Gasteiger partial charge is 0.265 e. The first-order chi connectivity index (χ1) is 13.6. The molecule has 1 fully saturated rings. The molecule has 2 N–H and O–H groups in total. The van der Waals surface area contributed by atoms with E-state index in [4.69, 9.17) is 5.73 Å². The molecule has 3 aromatic rings. The number of likely N-dealkylation sites (N-methyl/N-ethyl adjacent to an activating group) is 1. The molecule has 0 bridgehead atoms. The number of anilines is 1. The van der Waals surface area contributed by atoms with E-state index in [0.29, 0.717) is 12.2 Å². The molecule has 2 heterocycles. The Morgan fingerprint density at radius 1 is 0.964 bits per heavy atom. The number of piperazine rings is 1. The molecule has 28 heavy (non-hydrogen) atoms. The van der Waals surface area contributed by atoms with Crippen LogP contribution in [0.3, 0.4) is 0 Å². The van der Waals surface area contributed by atoms with Crippen LogP contribution < -0.4 is 10.6 Å². The summed E-state index contributed by atoms with van der Waals surface area (Å²) in [5.74, 6) is -0.388. The predicted octanol–water partition coefficient (Wildman–Crippen LogP) is 3.57. The maximum absolute atomic E-state index is 12.1. The highest BCUT2D eigenvalue weighted by molar-refractivity contribution is 6.02. The van der Waals surface area contributed by atoms with Crippen LogP contribution in [0.4, 0.5) is 5.69 Å². The second-order valence-corrected chi connectivity index (χ2v) is 6.97. The summed E-state index contributed by atoms with van der Waals surface area (Å²) in [7, 11) is 2.15. The van der Waals surface area contributed by atoms with Crippen LogP contribution in [0.25, 0.3) is 10.9 Å². The first-order valence-electron chi connectivity index (χ1n) is 10.0. The molecular formula is C23H30N4O. The minimum absolute atomic E-state index is 0.388. The summed E-state index contributed by atoms with van der Waals surface area (Å²) in [6.45, 7) is 8.71. The van der Waals surface area contributed by atoms with Gasteiger partial charge in [0.15, 0.2) is 0 Å². The molecule has 0 unspecified atom stereocenters. The number of carbonyl (C=O) groups is 1. The second-order valence-electron chi connectivity index (χ2n) is 6.97. The summed E-state index contributed by atoms with van der Waals surface area (Å²) in [5, 5.41) is 1.10. The van der Waals surface area contributed by atoms with E-state index >= 15 is 0 Å². The Bertz CT molecular complexity index is 924. The number of hydrogen-bond donors (Lipinski definition) is 1. The number of aromatic nitrogens is 1. The van der Waals surface area contributed by atoms with Gasteiger partial charge in [0.05, 0.1) is 5.52 Å². The molecule has 0 spiro atoms. The summed E-state index contributed by atoms with van der Waals surface area (Å²) in [5.41, 5.74) is 9.65. The maximum Gasteiger partial charge on any atom is 0.265 e. The highest BCUT2D eigenvalue weighted by atomic mass is 16.1. The number of benzene rings is 2. The zero-order valence-electron chi connectivity index (χ0n) is 17.1. The zero-order chi connectivity index (χ0) is 20.1. The molecule has 4 rings (SSSR count). The van der Waals surface area contributed by atoms with Crippen molar-refractivity contribution in [3.63, 3.8) is 0 Å². The van der Waals surface area contributed by atoms with Crippen molar-refractivity contribution in [3.8, 4) is 0 Å². The Morgan fingerprint density at radius 3 is 2.29 bits per heavy atom. The quantitative estimate of drug-likeness (QED) is 0.755. The summed E-state index contributed by atoms with van der Waals surface area (Å²) < 4.78 is 2.03. The molecule has 0 aliphatic carbocycles. The molecular weight excluding hydrogens is 348 g/mol. The van der Waals surface area contributed by atoms with E-state index in [1.165, 1.54) is 5.69 Å². The third-order valence-electron chi connectivity index (χ3n) is 5.20. The van der Waals surface area contributed by atoms with Gasteiger partial charge < -0.3 is 20.1 Å². The molecule has 1 aliphatic heterocycles. The van der Waals surface area contributed by atoms with Crippen molar-refractivity contribution >= 4 is 22.5 Å². The summed E-state index contributed by atoms with van der Waals surface area (Å²) >= 11 is 0. The van der Waals surface area contributed by atoms with Crippen LogP contribution in [0, 0.1) is 0 Å². The molecule has 1 aliphatic rings. The zero-order valence-corrected chi connectivity index (χ0v) is 17.1. The molecule has 1 aromatic heterocycles. The third-order valence-corrected chi connectivity index (χ3v) is 5.20. The summed E-state index contributed by atoms with van der Waals surface area (Å²) in [6, 6.07) is 18.4. The Morgan fingerprint density at radius 2 is 1.64 bits per heavy atom. The normalized spacial score (nSPS) is 14.6. The highest BCUT2D eigenvalue weighted by Gasteiger charge is 2.20. The number of carbonyl (C=O) groups excluding carboxylic acids is 1. The van der Waals surface area contributed by atoms with Crippen LogP contribution >= 0.6 is 0 Å². The topological polar surface area (TPSA) is 54.5 Å². The van der Waals surface area contributed by atoms with Crippen LogP contribution in [0.5, 0.6) is 0 Å². The minimum Gasteiger partial charge on any atom is -0.368 e. The maximum atomic E-state index is 12.1. The standard InChI is InChI=1S/C21H24N4O.C2H6/c1-23-10-12-24(13-11-23)18-8-5-9-19-17(18)14-20(21(22)26)25(19)15-16-6-3-2-4-7-16;1-2/h2-9,14H,10-13,15H2,1H3,(H2,22,26);1-2H3. The molecule has 5 heteroatoms. The molecule has 1 amide bonds. The van der Waals surface area contributed by atoms with E-state index in [1.807, 2.05) is 42.7 Å². The van der Waals surface area contributed by atoms with Crippen LogP contribution in [0.2, 0.25) is 0 Å². The fourth-order valence-electron chi connectivity index (χ4n) is 3.73. The van der Waals surface area contributed by atoms with Gasteiger partial charge in [0.25, 0.3) is 5.91 Å². The van der Waals surface area contributed by atoms with Crippen molar-refractivity contribution in [2.24, 2.45) is 5.73 Å². The lowest BCUT2D eigenvalue weighted by Crippen LogP contribution is -2.44. The molecule has 5 nitrogen and oxygen atoms in total. The van der Waals surface area contributed by atoms with Crippen LogP contribution in [-0.2, 0) is 6.54 Å². The van der Waals surface area contributed by atoms with Gasteiger partial charge in [-0.05, 0) is 30.8 Å². The number of amides is 1. The number of fused-ring (bicyclic) bond motifs is 1. The Labute approximate surface area is 167 Å².